The Kier molecular flexibility index (Phi) is 15.7. The minimum absolute atomic E-state index is 0.200. The van der Waals surface area contributed by atoms with E-state index in [2.05, 4.69) is 29.0 Å². The normalized spacial score (nSPS) is 13.0. The molecule has 0 radical (unpaired) electrons. The Hall–Kier alpha value is -4.47. The molecule has 1 amide bonds. The predicted molar refractivity (Wildman–Crippen MR) is 208 cm³/mol. The van der Waals surface area contributed by atoms with Gasteiger partial charge in [-0.25, -0.2) is 18.8 Å². The van der Waals surface area contributed by atoms with Crippen molar-refractivity contribution in [2.45, 2.75) is 130 Å². The van der Waals surface area contributed by atoms with Crippen molar-refractivity contribution in [1.29, 1.82) is 0 Å². The van der Waals surface area contributed by atoms with Gasteiger partial charge in [0.2, 0.25) is 11.3 Å². The molecule has 2 aromatic carbocycles. The van der Waals surface area contributed by atoms with E-state index in [1.54, 1.807) is 36.1 Å². The van der Waals surface area contributed by atoms with E-state index in [1.807, 2.05) is 31.5 Å². The lowest BCUT2D eigenvalue weighted by molar-refractivity contribution is -0.669. The van der Waals surface area contributed by atoms with Crippen LogP contribution in [-0.2, 0) is 20.6 Å². The number of aryl methyl sites for hydroxylation is 2. The molecule has 0 aliphatic carbocycles. The minimum Gasteiger partial charge on any atom is -0.481 e. The van der Waals surface area contributed by atoms with Crippen LogP contribution in [0.4, 0.5) is 11.4 Å². The first-order chi connectivity index (χ1) is 25.5. The number of hydrogen-bond donors (Lipinski definition) is 3. The van der Waals surface area contributed by atoms with Gasteiger partial charge < -0.3 is 19.3 Å². The van der Waals surface area contributed by atoms with Crippen molar-refractivity contribution in [2.24, 2.45) is 5.92 Å². The van der Waals surface area contributed by atoms with Crippen molar-refractivity contribution in [3.05, 3.63) is 76.5 Å². The van der Waals surface area contributed by atoms with Crippen LogP contribution in [0.3, 0.4) is 0 Å². The van der Waals surface area contributed by atoms with E-state index in [9.17, 15) is 18.4 Å². The summed E-state index contributed by atoms with van der Waals surface area (Å²) in [5, 5.41) is 3.02. The molecule has 0 spiro atoms. The predicted octanol–water partition coefficient (Wildman–Crippen LogP) is 9.50. The number of aromatic nitrogens is 3. The molecule has 0 bridgehead atoms. The zero-order chi connectivity index (χ0) is 38.5. The average molecular weight is 747 g/mol. The monoisotopic (exact) mass is 746 g/mol. The van der Waals surface area contributed by atoms with Crippen LogP contribution >= 0.6 is 0 Å². The van der Waals surface area contributed by atoms with Crippen molar-refractivity contribution in [3.8, 4) is 11.4 Å². The highest BCUT2D eigenvalue weighted by atomic mass is 32.2. The standard InChI is InChI=1S/C41H55N5O6S/c1-8-10-12-14-15-17-19-32(18-16-13-11-9-2)26-51-41(48)36-35(42-7)25-45-39(36)43-27-46(45)38-29(4)24-28(3)37(30(38)5)44-40(47)31(6)52-33-20-22-34(23-21-33)53(49)50/h20-25,27,31-32H,8-19,26H2,1-6H3,(H2,44,47,49,50)/p+1. The van der Waals surface area contributed by atoms with E-state index in [0.29, 0.717) is 29.6 Å². The molecule has 2 aromatic heterocycles. The Labute approximate surface area is 316 Å². The minimum atomic E-state index is -2.11. The SMILES string of the molecule is [C-]#[N+]c1cn2c([nH]c[n+]2-c2c(C)cc(C)c(NC(=O)C(C)Oc3ccc(S(=O)O)cc3)c2C)c1C(=O)OCC(CCCCCC)CCCCCCCC. The van der Waals surface area contributed by atoms with E-state index in [-0.39, 0.29) is 22.1 Å². The lowest BCUT2D eigenvalue weighted by atomic mass is 9.95. The highest BCUT2D eigenvalue weighted by Gasteiger charge is 2.29. The Morgan fingerprint density at radius 3 is 2.23 bits per heavy atom. The van der Waals surface area contributed by atoms with Crippen LogP contribution in [0.25, 0.3) is 16.2 Å². The summed E-state index contributed by atoms with van der Waals surface area (Å²) < 4.78 is 35.9. The number of esters is 1. The molecule has 0 saturated heterocycles. The molecule has 3 atom stereocenters. The zero-order valence-corrected chi connectivity index (χ0v) is 32.9. The molecule has 12 heteroatoms. The zero-order valence-electron chi connectivity index (χ0n) is 32.1. The number of carbonyl (C=O) groups is 2. The molecule has 0 aliphatic heterocycles. The van der Waals surface area contributed by atoms with E-state index in [0.717, 1.165) is 48.1 Å². The van der Waals surface area contributed by atoms with Crippen molar-refractivity contribution in [1.82, 2.24) is 9.50 Å². The second-order valence-electron chi connectivity index (χ2n) is 14.0. The lowest BCUT2D eigenvalue weighted by Crippen LogP contribution is -2.38. The van der Waals surface area contributed by atoms with Crippen molar-refractivity contribution < 1.29 is 32.5 Å². The lowest BCUT2D eigenvalue weighted by Gasteiger charge is -2.19. The highest BCUT2D eigenvalue weighted by molar-refractivity contribution is 7.79. The third-order valence-corrected chi connectivity index (χ3v) is 10.5. The first-order valence-corrected chi connectivity index (χ1v) is 20.1. The van der Waals surface area contributed by atoms with Gasteiger partial charge in [0.15, 0.2) is 22.9 Å². The fraction of sp³-hybridized carbons (Fsp3) is 0.512. The Balaban J connectivity index is 1.53. The second-order valence-corrected chi connectivity index (χ2v) is 15.0. The quantitative estimate of drug-likeness (QED) is 0.0256. The van der Waals surface area contributed by atoms with Crippen LogP contribution in [-0.4, -0.2) is 42.8 Å². The summed E-state index contributed by atoms with van der Waals surface area (Å²) in [6.07, 6.45) is 16.6. The molecule has 3 unspecified atom stereocenters. The molecule has 4 aromatic rings. The number of fused-ring (bicyclic) bond motifs is 1. The third kappa shape index (κ3) is 10.8. The average Bonchev–Trinajstić information content (AvgIpc) is 3.71. The van der Waals surface area contributed by atoms with E-state index in [4.69, 9.17) is 16.0 Å². The summed E-state index contributed by atoms with van der Waals surface area (Å²) in [7, 11) is 0. The second kappa shape index (κ2) is 20.1. The van der Waals surface area contributed by atoms with Crippen LogP contribution in [0.5, 0.6) is 5.75 Å². The molecule has 11 nitrogen and oxygen atoms in total. The molecule has 0 aliphatic rings. The fourth-order valence-electron chi connectivity index (χ4n) is 6.92. The first kappa shape index (κ1) is 41.3. The van der Waals surface area contributed by atoms with Gasteiger partial charge in [-0.15, -0.1) is 4.68 Å². The van der Waals surface area contributed by atoms with Gasteiger partial charge in [-0.1, -0.05) is 78.1 Å². The number of benzene rings is 2. The summed E-state index contributed by atoms with van der Waals surface area (Å²) in [5.41, 5.74) is 4.83. The largest absolute Gasteiger partial charge is 0.481 e. The van der Waals surface area contributed by atoms with E-state index >= 15 is 0 Å². The number of ether oxygens (including phenoxy) is 2. The summed E-state index contributed by atoms with van der Waals surface area (Å²) in [6.45, 7) is 20.1. The van der Waals surface area contributed by atoms with E-state index < -0.39 is 23.2 Å². The van der Waals surface area contributed by atoms with E-state index in [1.165, 1.54) is 63.5 Å². The molecule has 2 heterocycles. The van der Waals surface area contributed by atoms with Crippen molar-refractivity contribution in [3.63, 3.8) is 0 Å². The molecular weight excluding hydrogens is 691 g/mol. The van der Waals surface area contributed by atoms with Gasteiger partial charge in [-0.3, -0.25) is 4.79 Å². The number of anilines is 1. The maximum atomic E-state index is 13.7. The maximum Gasteiger partial charge on any atom is 0.333 e. The Bertz CT molecular complexity index is 1910. The molecule has 53 heavy (non-hydrogen) atoms. The summed E-state index contributed by atoms with van der Waals surface area (Å²) in [5.74, 6) is -0.189. The first-order valence-electron chi connectivity index (χ1n) is 19.0. The van der Waals surface area contributed by atoms with Gasteiger partial charge in [-0.05, 0) is 87.9 Å². The van der Waals surface area contributed by atoms with Crippen molar-refractivity contribution in [2.75, 3.05) is 11.9 Å². The third-order valence-electron chi connectivity index (χ3n) is 9.84. The van der Waals surface area contributed by atoms with Gasteiger partial charge >= 0.3 is 5.97 Å². The molecule has 4 rings (SSSR count). The van der Waals surface area contributed by atoms with Gasteiger partial charge in [0.05, 0.1) is 30.0 Å². The molecular formula is C41H56N5O6S+. The number of hydrogen-bond acceptors (Lipinski definition) is 5. The fourth-order valence-corrected chi connectivity index (χ4v) is 7.29. The number of amides is 1. The molecule has 3 N–H and O–H groups in total. The summed E-state index contributed by atoms with van der Waals surface area (Å²) >= 11 is -2.11. The number of unbranched alkanes of at least 4 members (excludes halogenated alkanes) is 8. The highest BCUT2D eigenvalue weighted by Crippen LogP contribution is 2.30. The van der Waals surface area contributed by atoms with Gasteiger partial charge in [0, 0.05) is 5.56 Å². The molecule has 286 valence electrons. The Morgan fingerprint density at radius 1 is 0.981 bits per heavy atom. The number of H-pyrrole nitrogens is 1. The van der Waals surface area contributed by atoms with Crippen LogP contribution < -0.4 is 14.7 Å². The number of rotatable bonds is 21. The topological polar surface area (TPSA) is 130 Å². The summed E-state index contributed by atoms with van der Waals surface area (Å²) in [4.78, 5) is 34.2. The maximum absolute atomic E-state index is 13.7. The van der Waals surface area contributed by atoms with Crippen LogP contribution in [0.1, 0.15) is 125 Å². The number of aromatic amines is 1. The number of carbonyl (C=O) groups excluding carboxylic acids is 2. The van der Waals surface area contributed by atoms with Crippen LogP contribution in [0.2, 0.25) is 0 Å². The smallest absolute Gasteiger partial charge is 0.333 e. The van der Waals surface area contributed by atoms with Crippen molar-refractivity contribution >= 4 is 40.0 Å². The number of nitrogens with one attached hydrogen (secondary N) is 2. The van der Waals surface area contributed by atoms with Gasteiger partial charge in [0.1, 0.15) is 11.3 Å². The number of nitrogens with zero attached hydrogens (tertiary/aromatic N) is 3. The van der Waals surface area contributed by atoms with Gasteiger partial charge in [0.25, 0.3) is 12.2 Å². The van der Waals surface area contributed by atoms with Crippen LogP contribution in [0.15, 0.2) is 47.8 Å². The molecule has 0 fully saturated rings. The Morgan fingerprint density at radius 2 is 1.60 bits per heavy atom. The summed E-state index contributed by atoms with van der Waals surface area (Å²) in [6, 6.07) is 8.01. The molecule has 0 saturated carbocycles. The van der Waals surface area contributed by atoms with Crippen LogP contribution in [0, 0.1) is 33.3 Å². The van der Waals surface area contributed by atoms with Gasteiger partial charge in [-0.2, -0.15) is 4.52 Å².